The van der Waals surface area contributed by atoms with Crippen molar-refractivity contribution in [3.63, 3.8) is 0 Å². The van der Waals surface area contributed by atoms with Gasteiger partial charge < -0.3 is 4.98 Å². The van der Waals surface area contributed by atoms with E-state index in [4.69, 9.17) is 0 Å². The van der Waals surface area contributed by atoms with Crippen LogP contribution < -0.4 is 0 Å². The van der Waals surface area contributed by atoms with Crippen LogP contribution in [0, 0.1) is 0 Å². The van der Waals surface area contributed by atoms with Crippen LogP contribution in [0.3, 0.4) is 0 Å². The van der Waals surface area contributed by atoms with Crippen molar-refractivity contribution in [2.24, 2.45) is 0 Å². The zero-order valence-electron chi connectivity index (χ0n) is 16.6. The molecule has 0 aliphatic carbocycles. The van der Waals surface area contributed by atoms with Crippen LogP contribution in [0.1, 0.15) is 15.3 Å². The third-order valence-corrected chi connectivity index (χ3v) is 6.61. The molecule has 6 rings (SSSR count). The lowest BCUT2D eigenvalue weighted by atomic mass is 10.1. The van der Waals surface area contributed by atoms with Gasteiger partial charge in [0.25, 0.3) is 0 Å². The highest BCUT2D eigenvalue weighted by atomic mass is 32.2. The molecule has 1 aliphatic rings. The molecule has 1 aliphatic heterocycles. The molecule has 1 aromatic carbocycles. The molecule has 0 spiro atoms. The van der Waals surface area contributed by atoms with Gasteiger partial charge in [-0.2, -0.15) is 0 Å². The first-order valence-corrected chi connectivity index (χ1v) is 11.1. The number of aromatic nitrogens is 4. The van der Waals surface area contributed by atoms with E-state index in [1.165, 1.54) is 40.8 Å². The van der Waals surface area contributed by atoms with Gasteiger partial charge in [0, 0.05) is 59.8 Å². The van der Waals surface area contributed by atoms with Crippen LogP contribution in [0.15, 0.2) is 89.4 Å². The van der Waals surface area contributed by atoms with Crippen molar-refractivity contribution < 1.29 is 9.84 Å². The lowest BCUT2D eigenvalue weighted by Gasteiger charge is -1.95. The Hall–Kier alpha value is -3.58. The van der Waals surface area contributed by atoms with Crippen LogP contribution in [-0.4, -0.2) is 28.4 Å². The summed E-state index contributed by atoms with van der Waals surface area (Å²) < 4.78 is 24.0. The average molecular weight is 419 g/mol. The van der Waals surface area contributed by atoms with Crippen molar-refractivity contribution in [3.8, 4) is 11.1 Å². The summed E-state index contributed by atoms with van der Waals surface area (Å²) >= 11 is 0. The molecule has 30 heavy (non-hydrogen) atoms. The van der Waals surface area contributed by atoms with Crippen LogP contribution >= 0.6 is 0 Å². The Morgan fingerprint density at radius 1 is 0.700 bits per heavy atom. The molecule has 0 fully saturated rings. The largest absolute Gasteiger partial charge is 0.353 e. The van der Waals surface area contributed by atoms with Gasteiger partial charge in [0.1, 0.15) is 0 Å². The highest BCUT2D eigenvalue weighted by Crippen LogP contribution is 2.41. The number of nitrogens with zero attached hydrogens (tertiary/aromatic N) is 3. The van der Waals surface area contributed by atoms with Crippen LogP contribution in [0.4, 0.5) is 0 Å². The van der Waals surface area contributed by atoms with Crippen LogP contribution in [0.25, 0.3) is 32.9 Å². The van der Waals surface area contributed by atoms with Gasteiger partial charge in [-0.25, -0.2) is 8.42 Å². The molecule has 0 atom stereocenters. The molecule has 1 N–H and O–H groups in total. The number of fused-ring (bicyclic) bond motifs is 6. The molecule has 0 radical (unpaired) electrons. The second-order valence-electron chi connectivity index (χ2n) is 6.34. The summed E-state index contributed by atoms with van der Waals surface area (Å²) in [4.78, 5) is 15.9. The SMILES string of the molecule is CC.O=S1(=O)c2ccncc2-c2cnccc21.[HH].c1ccc2c(c1)[nH]c1cnccc12. The molecule has 5 aromatic rings. The first kappa shape index (κ1) is 19.7. The zero-order chi connectivity index (χ0) is 21.1. The van der Waals surface area contributed by atoms with E-state index < -0.39 is 9.84 Å². The molecule has 0 saturated carbocycles. The van der Waals surface area contributed by atoms with Gasteiger partial charge in [-0.15, -0.1) is 0 Å². The van der Waals surface area contributed by atoms with E-state index in [9.17, 15) is 8.42 Å². The van der Waals surface area contributed by atoms with Gasteiger partial charge in [-0.05, 0) is 24.3 Å². The fourth-order valence-corrected chi connectivity index (χ4v) is 5.08. The van der Waals surface area contributed by atoms with E-state index >= 15 is 0 Å². The highest BCUT2D eigenvalue weighted by Gasteiger charge is 2.32. The molecule has 152 valence electrons. The summed E-state index contributed by atoms with van der Waals surface area (Å²) in [6, 6.07) is 13.4. The summed E-state index contributed by atoms with van der Waals surface area (Å²) in [5.74, 6) is 0. The Morgan fingerprint density at radius 3 is 1.90 bits per heavy atom. The van der Waals surface area contributed by atoms with Crippen molar-refractivity contribution in [2.75, 3.05) is 0 Å². The molecule has 0 saturated heterocycles. The predicted molar refractivity (Wildman–Crippen MR) is 120 cm³/mol. The number of H-pyrrole nitrogens is 1. The predicted octanol–water partition coefficient (Wildman–Crippen LogP) is 5.28. The summed E-state index contributed by atoms with van der Waals surface area (Å²) in [6.45, 7) is 4.00. The second kappa shape index (κ2) is 8.04. The Morgan fingerprint density at radius 2 is 1.23 bits per heavy atom. The molecule has 6 nitrogen and oxygen atoms in total. The van der Waals surface area contributed by atoms with Gasteiger partial charge in [0.2, 0.25) is 9.84 Å². The maximum atomic E-state index is 12.0. The number of para-hydroxylation sites is 1. The highest BCUT2D eigenvalue weighted by molar-refractivity contribution is 7.92. The molecular formula is C23H22N4O2S. The molecule has 4 aromatic heterocycles. The standard InChI is InChI=1S/C11H8N2.C10H6N2O2S.C2H6.H2/c1-2-4-10-8(3-1)9-5-6-12-7-11(9)13-10;13-15(14)9-1-3-11-5-7(9)8-6-12-4-2-10(8)15;1-2;/h1-7,13H;1-6H;1-2H3;1H. The zero-order valence-corrected chi connectivity index (χ0v) is 17.4. The summed E-state index contributed by atoms with van der Waals surface area (Å²) in [5, 5.41) is 2.51. The molecular weight excluding hydrogens is 396 g/mol. The van der Waals surface area contributed by atoms with Crippen molar-refractivity contribution in [3.05, 3.63) is 79.6 Å². The summed E-state index contributed by atoms with van der Waals surface area (Å²) in [5.41, 5.74) is 3.55. The van der Waals surface area contributed by atoms with Crippen LogP contribution in [0.5, 0.6) is 0 Å². The second-order valence-corrected chi connectivity index (χ2v) is 8.23. The number of hydrogen-bond acceptors (Lipinski definition) is 5. The quantitative estimate of drug-likeness (QED) is 0.363. The topological polar surface area (TPSA) is 88.6 Å². The lowest BCUT2D eigenvalue weighted by Crippen LogP contribution is -1.96. The molecule has 0 bridgehead atoms. The maximum absolute atomic E-state index is 12.0. The maximum Gasteiger partial charge on any atom is 0.208 e. The van der Waals surface area contributed by atoms with E-state index in [0.29, 0.717) is 20.9 Å². The van der Waals surface area contributed by atoms with Gasteiger partial charge in [-0.3, -0.25) is 15.0 Å². The van der Waals surface area contributed by atoms with Crippen molar-refractivity contribution in [2.45, 2.75) is 23.6 Å². The monoisotopic (exact) mass is 418 g/mol. The summed E-state index contributed by atoms with van der Waals surface area (Å²) in [7, 11) is -3.34. The van der Waals surface area contributed by atoms with Crippen molar-refractivity contribution in [1.82, 2.24) is 19.9 Å². The Kier molecular flexibility index (Phi) is 5.29. The van der Waals surface area contributed by atoms with Crippen LogP contribution in [0.2, 0.25) is 0 Å². The number of pyridine rings is 3. The first-order valence-electron chi connectivity index (χ1n) is 9.60. The lowest BCUT2D eigenvalue weighted by molar-refractivity contribution is 0.598. The minimum absolute atomic E-state index is 0. The summed E-state index contributed by atoms with van der Waals surface area (Å²) in [6.07, 6.45) is 9.75. The third kappa shape index (κ3) is 3.23. The first-order chi connectivity index (χ1) is 14.7. The third-order valence-electron chi connectivity index (χ3n) is 4.74. The Bertz CT molecular complexity index is 1350. The molecule has 0 amide bonds. The van der Waals surface area contributed by atoms with E-state index in [1.807, 2.05) is 38.4 Å². The Labute approximate surface area is 176 Å². The number of aromatic amines is 1. The minimum atomic E-state index is -3.34. The van der Waals surface area contributed by atoms with E-state index in [1.54, 1.807) is 12.4 Å². The number of hydrogen-bond donors (Lipinski definition) is 1. The number of nitrogens with one attached hydrogen (secondary N) is 1. The van der Waals surface area contributed by atoms with E-state index in [-0.39, 0.29) is 1.43 Å². The Balaban J connectivity index is 0.000000159. The van der Waals surface area contributed by atoms with Crippen LogP contribution in [-0.2, 0) is 9.84 Å². The molecule has 0 unspecified atom stereocenters. The van der Waals surface area contributed by atoms with Gasteiger partial charge >= 0.3 is 0 Å². The smallest absolute Gasteiger partial charge is 0.208 e. The van der Waals surface area contributed by atoms with Crippen molar-refractivity contribution >= 4 is 31.6 Å². The fraction of sp³-hybridized carbons (Fsp3) is 0.0870. The normalized spacial score (nSPS) is 12.9. The molecule has 5 heterocycles. The van der Waals surface area contributed by atoms with Gasteiger partial charge in [-0.1, -0.05) is 32.0 Å². The number of rotatable bonds is 0. The van der Waals surface area contributed by atoms with E-state index in [2.05, 4.69) is 38.1 Å². The average Bonchev–Trinajstić information content (AvgIpc) is 3.30. The number of sulfone groups is 1. The number of benzene rings is 1. The molecule has 7 heteroatoms. The van der Waals surface area contributed by atoms with Gasteiger partial charge in [0.05, 0.1) is 21.5 Å². The van der Waals surface area contributed by atoms with Gasteiger partial charge in [0.15, 0.2) is 0 Å². The fourth-order valence-electron chi connectivity index (χ4n) is 3.46. The van der Waals surface area contributed by atoms with Crippen molar-refractivity contribution in [1.29, 1.82) is 0 Å². The van der Waals surface area contributed by atoms with E-state index in [0.717, 1.165) is 5.52 Å². The minimum Gasteiger partial charge on any atom is -0.353 e.